The molecular formula is C15H25N5O. The van der Waals surface area contributed by atoms with Crippen molar-refractivity contribution in [3.63, 3.8) is 0 Å². The summed E-state index contributed by atoms with van der Waals surface area (Å²) in [4.78, 5) is 12.1. The van der Waals surface area contributed by atoms with Crippen molar-refractivity contribution >= 4 is 5.91 Å². The highest BCUT2D eigenvalue weighted by molar-refractivity contribution is 5.75. The second kappa shape index (κ2) is 6.56. The topological polar surface area (TPSA) is 71.8 Å². The number of aromatic nitrogens is 3. The molecule has 0 spiro atoms. The highest BCUT2D eigenvalue weighted by atomic mass is 16.2. The van der Waals surface area contributed by atoms with Crippen LogP contribution >= 0.6 is 0 Å². The van der Waals surface area contributed by atoms with Crippen LogP contribution in [0, 0.1) is 5.92 Å². The van der Waals surface area contributed by atoms with E-state index in [9.17, 15) is 4.79 Å². The number of carbonyl (C=O) groups excluding carboxylic acids is 1. The Morgan fingerprint density at radius 3 is 2.90 bits per heavy atom. The monoisotopic (exact) mass is 291 g/mol. The summed E-state index contributed by atoms with van der Waals surface area (Å²) in [5.74, 6) is 0.622. The standard InChI is InChI=1S/C15H25N5O/c1-11-4-2-3-5-14(11)17-15(21)10-20-9-13(18-19-20)8-16-12-6-7-12/h9,11-12,14,16H,2-8,10H2,1H3,(H,17,21). The van der Waals surface area contributed by atoms with Crippen LogP contribution in [0.25, 0.3) is 0 Å². The summed E-state index contributed by atoms with van der Waals surface area (Å²) in [7, 11) is 0. The first-order valence-electron chi connectivity index (χ1n) is 8.12. The van der Waals surface area contributed by atoms with Gasteiger partial charge in [0, 0.05) is 18.6 Å². The minimum atomic E-state index is 0.0420. The molecule has 0 bridgehead atoms. The molecule has 2 fully saturated rings. The van der Waals surface area contributed by atoms with E-state index < -0.39 is 0 Å². The Kier molecular flexibility index (Phi) is 4.53. The second-order valence-corrected chi connectivity index (χ2v) is 6.50. The second-order valence-electron chi connectivity index (χ2n) is 6.50. The van der Waals surface area contributed by atoms with E-state index in [2.05, 4.69) is 27.9 Å². The number of nitrogens with one attached hydrogen (secondary N) is 2. The zero-order valence-corrected chi connectivity index (χ0v) is 12.7. The van der Waals surface area contributed by atoms with Gasteiger partial charge in [0.1, 0.15) is 6.54 Å². The number of amides is 1. The molecule has 1 aromatic rings. The Bertz CT molecular complexity index is 482. The highest BCUT2D eigenvalue weighted by Gasteiger charge is 2.23. The first kappa shape index (κ1) is 14.5. The van der Waals surface area contributed by atoms with E-state index in [1.807, 2.05) is 6.20 Å². The van der Waals surface area contributed by atoms with E-state index >= 15 is 0 Å². The number of carbonyl (C=O) groups is 1. The van der Waals surface area contributed by atoms with Crippen LogP contribution in [-0.2, 0) is 17.9 Å². The van der Waals surface area contributed by atoms with Crippen molar-refractivity contribution in [1.29, 1.82) is 0 Å². The van der Waals surface area contributed by atoms with E-state index in [0.29, 0.717) is 18.0 Å². The molecule has 2 aliphatic carbocycles. The van der Waals surface area contributed by atoms with Crippen LogP contribution < -0.4 is 10.6 Å². The van der Waals surface area contributed by atoms with Crippen molar-refractivity contribution in [2.75, 3.05) is 0 Å². The summed E-state index contributed by atoms with van der Waals surface area (Å²) >= 11 is 0. The Hall–Kier alpha value is -1.43. The molecule has 2 atom stereocenters. The third kappa shape index (κ3) is 4.27. The van der Waals surface area contributed by atoms with Crippen LogP contribution in [0.3, 0.4) is 0 Å². The molecule has 0 aromatic carbocycles. The predicted molar refractivity (Wildman–Crippen MR) is 79.4 cm³/mol. The van der Waals surface area contributed by atoms with Gasteiger partial charge in [-0.3, -0.25) is 4.79 Å². The average Bonchev–Trinajstić information content (AvgIpc) is 3.19. The molecule has 0 radical (unpaired) electrons. The van der Waals surface area contributed by atoms with Crippen LogP contribution in [0.5, 0.6) is 0 Å². The van der Waals surface area contributed by atoms with Gasteiger partial charge in [0.15, 0.2) is 0 Å². The van der Waals surface area contributed by atoms with Gasteiger partial charge in [-0.05, 0) is 31.6 Å². The highest BCUT2D eigenvalue weighted by Crippen LogP contribution is 2.23. The third-order valence-corrected chi connectivity index (χ3v) is 4.50. The quantitative estimate of drug-likeness (QED) is 0.827. The van der Waals surface area contributed by atoms with Gasteiger partial charge in [0.05, 0.1) is 11.9 Å². The molecule has 2 saturated carbocycles. The Balaban J connectivity index is 1.45. The summed E-state index contributed by atoms with van der Waals surface area (Å²) in [6.45, 7) is 3.23. The maximum Gasteiger partial charge on any atom is 0.242 e. The minimum Gasteiger partial charge on any atom is -0.351 e. The predicted octanol–water partition coefficient (Wildman–Crippen LogP) is 1.22. The van der Waals surface area contributed by atoms with Gasteiger partial charge in [0.2, 0.25) is 5.91 Å². The molecular weight excluding hydrogens is 266 g/mol. The molecule has 0 aliphatic heterocycles. The molecule has 6 nitrogen and oxygen atoms in total. The lowest BCUT2D eigenvalue weighted by atomic mass is 9.86. The fraction of sp³-hybridized carbons (Fsp3) is 0.800. The largest absolute Gasteiger partial charge is 0.351 e. The van der Waals surface area contributed by atoms with Gasteiger partial charge >= 0.3 is 0 Å². The summed E-state index contributed by atoms with van der Waals surface area (Å²) in [5, 5.41) is 14.7. The third-order valence-electron chi connectivity index (χ3n) is 4.50. The first-order chi connectivity index (χ1) is 10.2. The van der Waals surface area contributed by atoms with Crippen LogP contribution in [0.4, 0.5) is 0 Å². The summed E-state index contributed by atoms with van der Waals surface area (Å²) < 4.78 is 1.63. The van der Waals surface area contributed by atoms with Gasteiger partial charge in [0.25, 0.3) is 0 Å². The average molecular weight is 291 g/mol. The van der Waals surface area contributed by atoms with Gasteiger partial charge in [-0.25, -0.2) is 4.68 Å². The zero-order valence-electron chi connectivity index (χ0n) is 12.7. The summed E-state index contributed by atoms with van der Waals surface area (Å²) in [5.41, 5.74) is 0.903. The van der Waals surface area contributed by atoms with Crippen molar-refractivity contribution in [2.24, 2.45) is 5.92 Å². The molecule has 0 saturated heterocycles. The van der Waals surface area contributed by atoms with Crippen LogP contribution in [0.2, 0.25) is 0 Å². The lowest BCUT2D eigenvalue weighted by molar-refractivity contribution is -0.123. The molecule has 2 unspecified atom stereocenters. The van der Waals surface area contributed by atoms with E-state index in [4.69, 9.17) is 0 Å². The molecule has 6 heteroatoms. The number of nitrogens with zero attached hydrogens (tertiary/aromatic N) is 3. The Labute approximate surface area is 125 Å². The van der Waals surface area contributed by atoms with Crippen molar-refractivity contribution < 1.29 is 4.79 Å². The summed E-state index contributed by atoms with van der Waals surface area (Å²) in [6.07, 6.45) is 9.20. The van der Waals surface area contributed by atoms with E-state index in [0.717, 1.165) is 18.7 Å². The molecule has 3 rings (SSSR count). The Morgan fingerprint density at radius 1 is 1.33 bits per heavy atom. The fourth-order valence-corrected chi connectivity index (χ4v) is 2.96. The Morgan fingerprint density at radius 2 is 2.14 bits per heavy atom. The zero-order chi connectivity index (χ0) is 14.7. The fourth-order valence-electron chi connectivity index (χ4n) is 2.96. The van der Waals surface area contributed by atoms with Gasteiger partial charge < -0.3 is 10.6 Å². The summed E-state index contributed by atoms with van der Waals surface area (Å²) in [6, 6.07) is 0.983. The lowest BCUT2D eigenvalue weighted by Gasteiger charge is -2.29. The molecule has 2 aliphatic rings. The first-order valence-corrected chi connectivity index (χ1v) is 8.12. The SMILES string of the molecule is CC1CCCCC1NC(=O)Cn1cc(CNC2CC2)nn1. The molecule has 1 amide bonds. The van der Waals surface area contributed by atoms with Crippen LogP contribution in [0.1, 0.15) is 51.1 Å². The molecule has 116 valence electrons. The van der Waals surface area contributed by atoms with E-state index in [-0.39, 0.29) is 12.5 Å². The maximum atomic E-state index is 12.1. The lowest BCUT2D eigenvalue weighted by Crippen LogP contribution is -2.42. The van der Waals surface area contributed by atoms with E-state index in [1.165, 1.54) is 32.1 Å². The van der Waals surface area contributed by atoms with Crippen molar-refractivity contribution in [2.45, 2.75) is 70.6 Å². The number of hydrogen-bond donors (Lipinski definition) is 2. The number of rotatable bonds is 6. The molecule has 2 N–H and O–H groups in total. The normalized spacial score (nSPS) is 25.8. The molecule has 1 aromatic heterocycles. The van der Waals surface area contributed by atoms with Crippen molar-refractivity contribution in [1.82, 2.24) is 25.6 Å². The minimum absolute atomic E-state index is 0.0420. The van der Waals surface area contributed by atoms with E-state index in [1.54, 1.807) is 4.68 Å². The van der Waals surface area contributed by atoms with Gasteiger partial charge in [-0.15, -0.1) is 5.10 Å². The number of hydrogen-bond acceptors (Lipinski definition) is 4. The smallest absolute Gasteiger partial charge is 0.242 e. The van der Waals surface area contributed by atoms with Crippen molar-refractivity contribution in [3.8, 4) is 0 Å². The molecule has 1 heterocycles. The maximum absolute atomic E-state index is 12.1. The van der Waals surface area contributed by atoms with Crippen LogP contribution in [0.15, 0.2) is 6.20 Å². The molecule has 21 heavy (non-hydrogen) atoms. The van der Waals surface area contributed by atoms with Gasteiger partial charge in [-0.2, -0.15) is 0 Å². The van der Waals surface area contributed by atoms with Crippen LogP contribution in [-0.4, -0.2) is 33.0 Å². The van der Waals surface area contributed by atoms with Gasteiger partial charge in [-0.1, -0.05) is 25.0 Å². The van der Waals surface area contributed by atoms with Crippen molar-refractivity contribution in [3.05, 3.63) is 11.9 Å².